The molecule has 0 N–H and O–H groups in total. The number of rotatable bonds is 6. The highest BCUT2D eigenvalue weighted by Crippen LogP contribution is 2.29. The molecule has 1 aromatic carbocycles. The van der Waals surface area contributed by atoms with Crippen molar-refractivity contribution in [1.29, 1.82) is 0 Å². The van der Waals surface area contributed by atoms with Gasteiger partial charge in [-0.1, -0.05) is 0 Å². The topological polar surface area (TPSA) is 65.1 Å². The van der Waals surface area contributed by atoms with Gasteiger partial charge in [0.25, 0.3) is 5.91 Å². The summed E-state index contributed by atoms with van der Waals surface area (Å²) in [6.07, 6.45) is 1.55. The van der Waals surface area contributed by atoms with Gasteiger partial charge in [-0.15, -0.1) is 0 Å². The van der Waals surface area contributed by atoms with Crippen LogP contribution in [0, 0.1) is 5.92 Å². The molecule has 0 aliphatic carbocycles. The molecule has 6 heteroatoms. The summed E-state index contributed by atoms with van der Waals surface area (Å²) in [7, 11) is 1.55. The van der Waals surface area contributed by atoms with Crippen molar-refractivity contribution in [3.8, 4) is 11.5 Å². The number of hydrogen-bond acceptors (Lipinski definition) is 5. The van der Waals surface area contributed by atoms with Crippen LogP contribution in [0.1, 0.15) is 37.0 Å². The van der Waals surface area contributed by atoms with Crippen LogP contribution in [-0.2, 0) is 9.53 Å². The quantitative estimate of drug-likeness (QED) is 0.748. The molecule has 0 saturated carbocycles. The smallest absolute Gasteiger partial charge is 0.310 e. The normalized spacial score (nSPS) is 17.3. The molecule has 1 saturated heterocycles. The molecule has 0 aromatic heterocycles. The van der Waals surface area contributed by atoms with E-state index in [9.17, 15) is 9.59 Å². The summed E-state index contributed by atoms with van der Waals surface area (Å²) >= 11 is 0. The Hall–Kier alpha value is -2.24. The van der Waals surface area contributed by atoms with E-state index in [4.69, 9.17) is 14.2 Å². The second kappa shape index (κ2) is 8.57. The van der Waals surface area contributed by atoms with Crippen LogP contribution in [0.3, 0.4) is 0 Å². The van der Waals surface area contributed by atoms with Crippen LogP contribution in [0.2, 0.25) is 0 Å². The first-order valence-corrected chi connectivity index (χ1v) is 8.37. The maximum absolute atomic E-state index is 12.7. The molecule has 24 heavy (non-hydrogen) atoms. The zero-order chi connectivity index (χ0) is 17.5. The molecule has 1 aliphatic heterocycles. The molecule has 1 aliphatic rings. The van der Waals surface area contributed by atoms with Gasteiger partial charge in [0.2, 0.25) is 0 Å². The van der Waals surface area contributed by atoms with Gasteiger partial charge in [-0.25, -0.2) is 0 Å². The molecule has 1 aromatic rings. The summed E-state index contributed by atoms with van der Waals surface area (Å²) in [5.41, 5.74) is 0.528. The number of hydrogen-bond donors (Lipinski definition) is 0. The molecule has 132 valence electrons. The lowest BCUT2D eigenvalue weighted by Crippen LogP contribution is -2.42. The standard InChI is InChI=1S/C18H25NO5/c1-4-23-15-9-8-13(11-16(15)22-3)17(20)19-10-6-7-14(12-19)18(21)24-5-2/h8-9,11,14H,4-7,10,12H2,1-3H3/t14-/m0/s1. The van der Waals surface area contributed by atoms with Crippen LogP contribution in [0.15, 0.2) is 18.2 Å². The average molecular weight is 335 g/mol. The molecule has 0 bridgehead atoms. The predicted octanol–water partition coefficient (Wildman–Crippen LogP) is 2.51. The van der Waals surface area contributed by atoms with E-state index in [0.29, 0.717) is 43.4 Å². The van der Waals surface area contributed by atoms with E-state index in [2.05, 4.69) is 0 Å². The first kappa shape index (κ1) is 18.1. The molecular formula is C18H25NO5. The summed E-state index contributed by atoms with van der Waals surface area (Å²) < 4.78 is 15.9. The number of amides is 1. The Morgan fingerprint density at radius 1 is 1.21 bits per heavy atom. The fraction of sp³-hybridized carbons (Fsp3) is 0.556. The monoisotopic (exact) mass is 335 g/mol. The Balaban J connectivity index is 2.11. The van der Waals surface area contributed by atoms with Crippen molar-refractivity contribution in [2.24, 2.45) is 5.92 Å². The van der Waals surface area contributed by atoms with E-state index < -0.39 is 0 Å². The Kier molecular flexibility index (Phi) is 6.46. The molecule has 1 fully saturated rings. The zero-order valence-electron chi connectivity index (χ0n) is 14.5. The summed E-state index contributed by atoms with van der Waals surface area (Å²) in [6, 6.07) is 5.15. The van der Waals surface area contributed by atoms with Crippen molar-refractivity contribution in [2.75, 3.05) is 33.4 Å². The lowest BCUT2D eigenvalue weighted by atomic mass is 9.97. The van der Waals surface area contributed by atoms with E-state index in [-0.39, 0.29) is 17.8 Å². The molecule has 6 nitrogen and oxygen atoms in total. The van der Waals surface area contributed by atoms with Gasteiger partial charge >= 0.3 is 5.97 Å². The maximum atomic E-state index is 12.7. The lowest BCUT2D eigenvalue weighted by Gasteiger charge is -2.31. The molecule has 1 heterocycles. The Morgan fingerprint density at radius 2 is 2.00 bits per heavy atom. The number of carbonyl (C=O) groups is 2. The Bertz CT molecular complexity index is 587. The Morgan fingerprint density at radius 3 is 2.67 bits per heavy atom. The largest absolute Gasteiger partial charge is 0.493 e. The highest BCUT2D eigenvalue weighted by molar-refractivity contribution is 5.95. The molecule has 1 amide bonds. The number of ether oxygens (including phenoxy) is 3. The second-order valence-electron chi connectivity index (χ2n) is 5.64. The van der Waals surface area contributed by atoms with E-state index in [1.807, 2.05) is 6.92 Å². The van der Waals surface area contributed by atoms with Crippen LogP contribution < -0.4 is 9.47 Å². The third-order valence-electron chi connectivity index (χ3n) is 4.04. The van der Waals surface area contributed by atoms with E-state index in [1.54, 1.807) is 37.1 Å². The fourth-order valence-electron chi connectivity index (χ4n) is 2.87. The first-order chi connectivity index (χ1) is 11.6. The van der Waals surface area contributed by atoms with Crippen LogP contribution in [0.4, 0.5) is 0 Å². The van der Waals surface area contributed by atoms with Gasteiger partial charge in [-0.3, -0.25) is 9.59 Å². The van der Waals surface area contributed by atoms with Gasteiger partial charge in [0.05, 0.1) is 26.2 Å². The van der Waals surface area contributed by atoms with Crippen LogP contribution >= 0.6 is 0 Å². The van der Waals surface area contributed by atoms with Crippen molar-refractivity contribution in [3.63, 3.8) is 0 Å². The van der Waals surface area contributed by atoms with Gasteiger partial charge < -0.3 is 19.1 Å². The van der Waals surface area contributed by atoms with Gasteiger partial charge in [0.15, 0.2) is 11.5 Å². The minimum absolute atomic E-state index is 0.106. The number of piperidine rings is 1. The number of nitrogens with zero attached hydrogens (tertiary/aromatic N) is 1. The minimum atomic E-state index is -0.243. The van der Waals surface area contributed by atoms with E-state index in [0.717, 1.165) is 12.8 Å². The van der Waals surface area contributed by atoms with Gasteiger partial charge in [-0.05, 0) is 44.9 Å². The predicted molar refractivity (Wildman–Crippen MR) is 89.4 cm³/mol. The number of carbonyl (C=O) groups excluding carboxylic acids is 2. The van der Waals surface area contributed by atoms with Crippen LogP contribution in [0.5, 0.6) is 11.5 Å². The molecule has 2 rings (SSSR count). The SMILES string of the molecule is CCOC(=O)[C@H]1CCCN(C(=O)c2ccc(OCC)c(OC)c2)C1. The van der Waals surface area contributed by atoms with Crippen LogP contribution in [-0.4, -0.2) is 50.2 Å². The number of esters is 1. The summed E-state index contributed by atoms with van der Waals surface area (Å²) in [5.74, 6) is 0.568. The molecule has 0 unspecified atom stereocenters. The number of benzene rings is 1. The Labute approximate surface area is 142 Å². The third kappa shape index (κ3) is 4.19. The lowest BCUT2D eigenvalue weighted by molar-refractivity contribution is -0.149. The minimum Gasteiger partial charge on any atom is -0.493 e. The molecule has 0 radical (unpaired) electrons. The van der Waals surface area contributed by atoms with Crippen molar-refractivity contribution < 1.29 is 23.8 Å². The van der Waals surface area contributed by atoms with Gasteiger partial charge in [0.1, 0.15) is 0 Å². The number of methoxy groups -OCH3 is 1. The van der Waals surface area contributed by atoms with Crippen molar-refractivity contribution >= 4 is 11.9 Å². The van der Waals surface area contributed by atoms with Crippen LogP contribution in [0.25, 0.3) is 0 Å². The average Bonchev–Trinajstić information content (AvgIpc) is 2.62. The number of likely N-dealkylation sites (tertiary alicyclic amines) is 1. The van der Waals surface area contributed by atoms with Crippen molar-refractivity contribution in [1.82, 2.24) is 4.90 Å². The third-order valence-corrected chi connectivity index (χ3v) is 4.04. The summed E-state index contributed by atoms with van der Waals surface area (Å²) in [6.45, 7) is 5.60. The maximum Gasteiger partial charge on any atom is 0.310 e. The fourth-order valence-corrected chi connectivity index (χ4v) is 2.87. The molecule has 0 spiro atoms. The zero-order valence-corrected chi connectivity index (χ0v) is 14.5. The molecular weight excluding hydrogens is 310 g/mol. The highest BCUT2D eigenvalue weighted by atomic mass is 16.5. The van der Waals surface area contributed by atoms with Gasteiger partial charge in [-0.2, -0.15) is 0 Å². The first-order valence-electron chi connectivity index (χ1n) is 8.37. The van der Waals surface area contributed by atoms with Gasteiger partial charge in [0, 0.05) is 18.7 Å². The van der Waals surface area contributed by atoms with E-state index in [1.165, 1.54) is 0 Å². The summed E-state index contributed by atoms with van der Waals surface area (Å²) in [5, 5.41) is 0. The second-order valence-corrected chi connectivity index (χ2v) is 5.64. The molecule has 1 atom stereocenters. The van der Waals surface area contributed by atoms with Crippen molar-refractivity contribution in [2.45, 2.75) is 26.7 Å². The summed E-state index contributed by atoms with van der Waals surface area (Å²) in [4.78, 5) is 26.4. The highest BCUT2D eigenvalue weighted by Gasteiger charge is 2.30. The van der Waals surface area contributed by atoms with Crippen molar-refractivity contribution in [3.05, 3.63) is 23.8 Å². The van der Waals surface area contributed by atoms with E-state index >= 15 is 0 Å².